The van der Waals surface area contributed by atoms with Gasteiger partial charge in [0.25, 0.3) is 0 Å². The molecule has 0 bridgehead atoms. The summed E-state index contributed by atoms with van der Waals surface area (Å²) < 4.78 is 15.8. The highest BCUT2D eigenvalue weighted by molar-refractivity contribution is 5.85. The quantitative estimate of drug-likeness (QED) is 0.231. The van der Waals surface area contributed by atoms with Crippen LogP contribution in [0.1, 0.15) is 85.6 Å². The molecule has 0 radical (unpaired) electrons. The van der Waals surface area contributed by atoms with E-state index in [2.05, 4.69) is 10.6 Å². The molecule has 1 aromatic rings. The number of alkyl carbamates (subject to hydrolysis) is 1. The summed E-state index contributed by atoms with van der Waals surface area (Å²) in [7, 11) is 0. The van der Waals surface area contributed by atoms with E-state index in [0.29, 0.717) is 25.8 Å². The third-order valence-corrected chi connectivity index (χ3v) is 4.65. The van der Waals surface area contributed by atoms with Gasteiger partial charge < -0.3 is 24.8 Å². The molecular formula is C27H42N2O7. The van der Waals surface area contributed by atoms with Crippen LogP contribution in [-0.4, -0.2) is 47.7 Å². The van der Waals surface area contributed by atoms with Gasteiger partial charge in [0.1, 0.15) is 23.9 Å². The lowest BCUT2D eigenvalue weighted by atomic mass is 10.1. The van der Waals surface area contributed by atoms with Crippen molar-refractivity contribution >= 4 is 23.9 Å². The van der Waals surface area contributed by atoms with Crippen molar-refractivity contribution in [1.29, 1.82) is 0 Å². The molecule has 202 valence electrons. The zero-order valence-corrected chi connectivity index (χ0v) is 22.5. The van der Waals surface area contributed by atoms with Crippen molar-refractivity contribution in [2.45, 2.75) is 104 Å². The highest BCUT2D eigenvalue weighted by Crippen LogP contribution is 2.14. The zero-order chi connectivity index (χ0) is 27.2. The van der Waals surface area contributed by atoms with Gasteiger partial charge in [-0.25, -0.2) is 9.59 Å². The van der Waals surface area contributed by atoms with Crippen LogP contribution in [0.15, 0.2) is 30.3 Å². The van der Waals surface area contributed by atoms with Crippen molar-refractivity contribution in [2.75, 3.05) is 6.54 Å². The first kappa shape index (κ1) is 30.9. The molecule has 0 fully saturated rings. The Bertz CT molecular complexity index is 842. The number of rotatable bonds is 13. The summed E-state index contributed by atoms with van der Waals surface area (Å²) in [5, 5.41) is 5.37. The van der Waals surface area contributed by atoms with E-state index in [1.165, 1.54) is 0 Å². The van der Waals surface area contributed by atoms with Gasteiger partial charge in [0.05, 0.1) is 0 Å². The minimum Gasteiger partial charge on any atom is -0.460 e. The Kier molecular flexibility index (Phi) is 13.0. The number of amides is 2. The van der Waals surface area contributed by atoms with Gasteiger partial charge in [-0.15, -0.1) is 0 Å². The van der Waals surface area contributed by atoms with Gasteiger partial charge in [0, 0.05) is 19.4 Å². The van der Waals surface area contributed by atoms with Crippen molar-refractivity contribution in [2.24, 2.45) is 0 Å². The highest BCUT2D eigenvalue weighted by atomic mass is 16.6. The number of ether oxygens (including phenoxy) is 3. The van der Waals surface area contributed by atoms with Gasteiger partial charge in [0.2, 0.25) is 5.91 Å². The zero-order valence-electron chi connectivity index (χ0n) is 22.5. The van der Waals surface area contributed by atoms with Crippen molar-refractivity contribution in [3.8, 4) is 0 Å². The van der Waals surface area contributed by atoms with E-state index in [0.717, 1.165) is 5.56 Å². The molecule has 9 nitrogen and oxygen atoms in total. The first-order valence-electron chi connectivity index (χ1n) is 12.4. The molecule has 0 spiro atoms. The number of benzene rings is 1. The summed E-state index contributed by atoms with van der Waals surface area (Å²) >= 11 is 0. The van der Waals surface area contributed by atoms with E-state index in [4.69, 9.17) is 14.2 Å². The Morgan fingerprint density at radius 3 is 2.08 bits per heavy atom. The normalized spacial score (nSPS) is 12.3. The summed E-state index contributed by atoms with van der Waals surface area (Å²) in [6.07, 6.45) is 1.77. The second-order valence-corrected chi connectivity index (χ2v) is 10.6. The van der Waals surface area contributed by atoms with Crippen LogP contribution in [0, 0.1) is 0 Å². The fourth-order valence-corrected chi connectivity index (χ4v) is 3.10. The minimum atomic E-state index is -0.940. The Hall–Kier alpha value is -3.10. The second-order valence-electron chi connectivity index (χ2n) is 10.6. The Labute approximate surface area is 214 Å². The number of carbonyl (C=O) groups is 4. The fourth-order valence-electron chi connectivity index (χ4n) is 3.10. The maximum absolute atomic E-state index is 12.6. The molecule has 0 aliphatic carbocycles. The summed E-state index contributed by atoms with van der Waals surface area (Å²) in [5.41, 5.74) is -0.439. The number of hydrogen-bond donors (Lipinski definition) is 2. The molecule has 36 heavy (non-hydrogen) atoms. The van der Waals surface area contributed by atoms with Gasteiger partial charge >= 0.3 is 18.0 Å². The van der Waals surface area contributed by atoms with Crippen LogP contribution in [0.3, 0.4) is 0 Å². The average molecular weight is 507 g/mol. The molecular weight excluding hydrogens is 464 g/mol. The van der Waals surface area contributed by atoms with Crippen LogP contribution < -0.4 is 10.6 Å². The Balaban J connectivity index is 2.35. The maximum atomic E-state index is 12.6. The van der Waals surface area contributed by atoms with E-state index >= 15 is 0 Å². The van der Waals surface area contributed by atoms with Crippen LogP contribution in [0.4, 0.5) is 4.79 Å². The van der Waals surface area contributed by atoms with Crippen molar-refractivity contribution < 1.29 is 33.4 Å². The molecule has 1 aromatic carbocycles. The van der Waals surface area contributed by atoms with Gasteiger partial charge in [-0.05, 0) is 66.4 Å². The molecule has 0 saturated carbocycles. The lowest BCUT2D eigenvalue weighted by molar-refractivity contribution is -0.160. The fraction of sp³-hybridized carbons (Fsp3) is 0.630. The molecule has 9 heteroatoms. The van der Waals surface area contributed by atoms with E-state index in [1.54, 1.807) is 41.5 Å². The summed E-state index contributed by atoms with van der Waals surface area (Å²) in [5.74, 6) is -1.33. The first-order valence-corrected chi connectivity index (χ1v) is 12.4. The molecule has 0 aliphatic heterocycles. The van der Waals surface area contributed by atoms with Crippen LogP contribution in [-0.2, 0) is 35.2 Å². The minimum absolute atomic E-state index is 0.0203. The SMILES string of the molecule is CC(C)(C)OC(=O)CC[C@H](NC(=O)CCCCCNC(=O)OCc1ccccc1)C(=O)OC(C)(C)C. The maximum Gasteiger partial charge on any atom is 0.407 e. The molecule has 0 saturated heterocycles. The standard InChI is InChI=1S/C27H42N2O7/c1-26(2,3)35-23(31)17-16-21(24(32)36-27(4,5)6)29-22(30)15-11-8-12-18-28-25(33)34-19-20-13-9-7-10-14-20/h7,9-10,13-14,21H,8,11-12,15-19H2,1-6H3,(H,28,33)(H,29,30)/t21-/m0/s1. The van der Waals surface area contributed by atoms with E-state index < -0.39 is 35.3 Å². The lowest BCUT2D eigenvalue weighted by Crippen LogP contribution is -2.44. The van der Waals surface area contributed by atoms with Crippen LogP contribution in [0.2, 0.25) is 0 Å². The number of unbranched alkanes of at least 4 members (excludes halogenated alkanes) is 2. The number of esters is 2. The summed E-state index contributed by atoms with van der Waals surface area (Å²) in [6, 6.07) is 8.47. The molecule has 1 rings (SSSR count). The van der Waals surface area contributed by atoms with Crippen LogP contribution in [0.5, 0.6) is 0 Å². The Morgan fingerprint density at radius 1 is 0.833 bits per heavy atom. The van der Waals surface area contributed by atoms with Crippen molar-refractivity contribution in [3.63, 3.8) is 0 Å². The van der Waals surface area contributed by atoms with E-state index in [-0.39, 0.29) is 31.8 Å². The van der Waals surface area contributed by atoms with E-state index in [9.17, 15) is 19.2 Å². The summed E-state index contributed by atoms with van der Waals surface area (Å²) in [4.78, 5) is 48.8. The van der Waals surface area contributed by atoms with Crippen LogP contribution in [0.25, 0.3) is 0 Å². The highest BCUT2D eigenvalue weighted by Gasteiger charge is 2.28. The van der Waals surface area contributed by atoms with Gasteiger partial charge in [-0.2, -0.15) is 0 Å². The van der Waals surface area contributed by atoms with Gasteiger partial charge in [-0.1, -0.05) is 36.8 Å². The molecule has 0 unspecified atom stereocenters. The smallest absolute Gasteiger partial charge is 0.407 e. The van der Waals surface area contributed by atoms with E-state index in [1.807, 2.05) is 30.3 Å². The predicted octanol–water partition coefficient (Wildman–Crippen LogP) is 4.42. The molecule has 0 heterocycles. The monoisotopic (exact) mass is 506 g/mol. The summed E-state index contributed by atoms with van der Waals surface area (Å²) in [6.45, 7) is 11.2. The molecule has 2 N–H and O–H groups in total. The van der Waals surface area contributed by atoms with Gasteiger partial charge in [-0.3, -0.25) is 9.59 Å². The van der Waals surface area contributed by atoms with Crippen LogP contribution >= 0.6 is 0 Å². The number of carbonyl (C=O) groups excluding carboxylic acids is 4. The molecule has 2 amide bonds. The predicted molar refractivity (Wildman–Crippen MR) is 136 cm³/mol. The van der Waals surface area contributed by atoms with Crippen molar-refractivity contribution in [3.05, 3.63) is 35.9 Å². The number of nitrogens with one attached hydrogen (secondary N) is 2. The Morgan fingerprint density at radius 2 is 1.47 bits per heavy atom. The van der Waals surface area contributed by atoms with Gasteiger partial charge in [0.15, 0.2) is 0 Å². The third-order valence-electron chi connectivity index (χ3n) is 4.65. The average Bonchev–Trinajstić information content (AvgIpc) is 2.75. The molecule has 0 aliphatic rings. The largest absolute Gasteiger partial charge is 0.460 e. The molecule has 0 aromatic heterocycles. The molecule has 1 atom stereocenters. The van der Waals surface area contributed by atoms with Crippen molar-refractivity contribution in [1.82, 2.24) is 10.6 Å². The first-order chi connectivity index (χ1) is 16.7. The lowest BCUT2D eigenvalue weighted by Gasteiger charge is -2.25. The second kappa shape index (κ2) is 15.1. The topological polar surface area (TPSA) is 120 Å². The number of hydrogen-bond acceptors (Lipinski definition) is 7. The third kappa shape index (κ3) is 15.7.